The van der Waals surface area contributed by atoms with Crippen LogP contribution < -0.4 is 0 Å². The van der Waals surface area contributed by atoms with Crippen molar-refractivity contribution in [2.75, 3.05) is 0 Å². The minimum Gasteiger partial charge on any atom is -0.478 e. The number of aromatic carboxylic acids is 1. The van der Waals surface area contributed by atoms with Gasteiger partial charge in [-0.05, 0) is 17.2 Å². The molecule has 5 heteroatoms. The van der Waals surface area contributed by atoms with Crippen molar-refractivity contribution in [3.63, 3.8) is 0 Å². The first kappa shape index (κ1) is 14.7. The normalized spacial score (nSPS) is 11.1. The zero-order valence-electron chi connectivity index (χ0n) is 11.7. The first-order chi connectivity index (χ1) is 9.84. The third-order valence-electron chi connectivity index (χ3n) is 3.61. The molecule has 0 aromatic heterocycles. The van der Waals surface area contributed by atoms with Crippen molar-refractivity contribution in [3.05, 3.63) is 75.3 Å². The molecule has 0 unspecified atom stereocenters. The lowest BCUT2D eigenvalue weighted by molar-refractivity contribution is -0.384. The van der Waals surface area contributed by atoms with Crippen molar-refractivity contribution in [1.29, 1.82) is 0 Å². The third-order valence-corrected chi connectivity index (χ3v) is 3.61. The van der Waals surface area contributed by atoms with Crippen LogP contribution in [-0.4, -0.2) is 16.0 Å². The summed E-state index contributed by atoms with van der Waals surface area (Å²) in [7, 11) is 0. The lowest BCUT2D eigenvalue weighted by Crippen LogP contribution is -2.22. The fraction of sp³-hybridized carbons (Fsp3) is 0.188. The van der Waals surface area contributed by atoms with Gasteiger partial charge in [-0.15, -0.1) is 0 Å². The highest BCUT2D eigenvalue weighted by molar-refractivity contribution is 5.90. The molecule has 0 bridgehead atoms. The van der Waals surface area contributed by atoms with E-state index in [0.29, 0.717) is 11.1 Å². The van der Waals surface area contributed by atoms with Crippen LogP contribution in [0, 0.1) is 10.1 Å². The predicted molar refractivity (Wildman–Crippen MR) is 78.6 cm³/mol. The molecule has 0 aliphatic rings. The van der Waals surface area contributed by atoms with Crippen molar-refractivity contribution >= 4 is 11.7 Å². The van der Waals surface area contributed by atoms with E-state index in [1.807, 2.05) is 13.8 Å². The van der Waals surface area contributed by atoms with Gasteiger partial charge in [-0.25, -0.2) is 4.79 Å². The number of hydrogen-bond acceptors (Lipinski definition) is 3. The van der Waals surface area contributed by atoms with Crippen LogP contribution in [0.5, 0.6) is 0 Å². The molecule has 1 N–H and O–H groups in total. The van der Waals surface area contributed by atoms with Crippen LogP contribution in [0.2, 0.25) is 0 Å². The monoisotopic (exact) mass is 285 g/mol. The summed E-state index contributed by atoms with van der Waals surface area (Å²) >= 11 is 0. The SMILES string of the molecule is CC(C)(c1cccc([N+](=O)[O-])c1)c1ccccc1C(=O)O. The predicted octanol–water partition coefficient (Wildman–Crippen LogP) is 3.62. The van der Waals surface area contributed by atoms with Crippen molar-refractivity contribution < 1.29 is 14.8 Å². The van der Waals surface area contributed by atoms with Crippen LogP contribution in [0.25, 0.3) is 0 Å². The van der Waals surface area contributed by atoms with Gasteiger partial charge in [-0.1, -0.05) is 44.2 Å². The van der Waals surface area contributed by atoms with Gasteiger partial charge in [-0.2, -0.15) is 0 Å². The minimum absolute atomic E-state index is 0.00613. The largest absolute Gasteiger partial charge is 0.478 e. The Kier molecular flexibility index (Phi) is 3.76. The first-order valence-electron chi connectivity index (χ1n) is 6.42. The summed E-state index contributed by atoms with van der Waals surface area (Å²) in [6.45, 7) is 3.71. The number of rotatable bonds is 4. The number of nitrogens with zero attached hydrogens (tertiary/aromatic N) is 1. The maximum absolute atomic E-state index is 11.4. The molecule has 5 nitrogen and oxygen atoms in total. The van der Waals surface area contributed by atoms with E-state index in [1.54, 1.807) is 30.3 Å². The Morgan fingerprint density at radius 1 is 1.14 bits per heavy atom. The number of nitro groups is 1. The van der Waals surface area contributed by atoms with E-state index < -0.39 is 16.3 Å². The van der Waals surface area contributed by atoms with Crippen molar-refractivity contribution in [3.8, 4) is 0 Å². The van der Waals surface area contributed by atoms with E-state index in [2.05, 4.69) is 0 Å². The lowest BCUT2D eigenvalue weighted by Gasteiger charge is -2.27. The maximum Gasteiger partial charge on any atom is 0.335 e. The van der Waals surface area contributed by atoms with Crippen molar-refractivity contribution in [2.45, 2.75) is 19.3 Å². The number of nitro benzene ring substituents is 1. The van der Waals surface area contributed by atoms with Gasteiger partial charge in [0, 0.05) is 17.5 Å². The molecular formula is C16H15NO4. The van der Waals surface area contributed by atoms with E-state index in [1.165, 1.54) is 18.2 Å². The van der Waals surface area contributed by atoms with Gasteiger partial charge in [0.1, 0.15) is 0 Å². The standard InChI is InChI=1S/C16H15NO4/c1-16(2,11-6-5-7-12(10-11)17(20)21)14-9-4-3-8-13(14)15(18)19/h3-10H,1-2H3,(H,18,19). The van der Waals surface area contributed by atoms with E-state index in [-0.39, 0.29) is 11.3 Å². The fourth-order valence-corrected chi connectivity index (χ4v) is 2.38. The Hall–Kier alpha value is -2.69. The van der Waals surface area contributed by atoms with Crippen LogP contribution in [0.15, 0.2) is 48.5 Å². The Balaban J connectivity index is 2.59. The minimum atomic E-state index is -1.01. The van der Waals surface area contributed by atoms with E-state index in [0.717, 1.165) is 0 Å². The van der Waals surface area contributed by atoms with Crippen LogP contribution in [0.4, 0.5) is 5.69 Å². The molecule has 0 aliphatic heterocycles. The summed E-state index contributed by atoms with van der Waals surface area (Å²) < 4.78 is 0. The van der Waals surface area contributed by atoms with Gasteiger partial charge in [0.2, 0.25) is 0 Å². The van der Waals surface area contributed by atoms with Gasteiger partial charge in [0.15, 0.2) is 0 Å². The van der Waals surface area contributed by atoms with Crippen LogP contribution in [-0.2, 0) is 5.41 Å². The summed E-state index contributed by atoms with van der Waals surface area (Å²) in [5.41, 5.74) is 0.867. The molecule has 0 saturated heterocycles. The van der Waals surface area contributed by atoms with Crippen LogP contribution >= 0.6 is 0 Å². The van der Waals surface area contributed by atoms with Gasteiger partial charge in [0.05, 0.1) is 10.5 Å². The lowest BCUT2D eigenvalue weighted by atomic mass is 9.76. The number of carboxylic acids is 1. The second-order valence-corrected chi connectivity index (χ2v) is 5.28. The second-order valence-electron chi connectivity index (χ2n) is 5.28. The molecule has 0 aliphatic carbocycles. The Morgan fingerprint density at radius 3 is 2.43 bits per heavy atom. The average molecular weight is 285 g/mol. The summed E-state index contributed by atoms with van der Waals surface area (Å²) in [5, 5.41) is 20.2. The molecule has 108 valence electrons. The van der Waals surface area contributed by atoms with E-state index in [9.17, 15) is 20.0 Å². The number of non-ortho nitro benzene ring substituents is 1. The molecule has 0 heterocycles. The smallest absolute Gasteiger partial charge is 0.335 e. The summed E-state index contributed by atoms with van der Waals surface area (Å²) in [6.07, 6.45) is 0. The third kappa shape index (κ3) is 2.76. The van der Waals surface area contributed by atoms with Crippen LogP contribution in [0.1, 0.15) is 35.3 Å². The van der Waals surface area contributed by atoms with Gasteiger partial charge in [-0.3, -0.25) is 10.1 Å². The Labute approximate surface area is 122 Å². The van der Waals surface area contributed by atoms with Crippen LogP contribution in [0.3, 0.4) is 0 Å². The average Bonchev–Trinajstić information content (AvgIpc) is 2.47. The molecule has 0 amide bonds. The zero-order chi connectivity index (χ0) is 15.6. The van der Waals surface area contributed by atoms with E-state index in [4.69, 9.17) is 0 Å². The van der Waals surface area contributed by atoms with Crippen molar-refractivity contribution in [1.82, 2.24) is 0 Å². The molecular weight excluding hydrogens is 270 g/mol. The van der Waals surface area contributed by atoms with Gasteiger partial charge >= 0.3 is 5.97 Å². The summed E-state index contributed by atoms with van der Waals surface area (Å²) in [5.74, 6) is -1.01. The summed E-state index contributed by atoms with van der Waals surface area (Å²) in [4.78, 5) is 21.8. The highest BCUT2D eigenvalue weighted by Gasteiger charge is 2.28. The summed E-state index contributed by atoms with van der Waals surface area (Å²) in [6, 6.07) is 13.0. The molecule has 2 aromatic rings. The zero-order valence-corrected chi connectivity index (χ0v) is 11.7. The Morgan fingerprint density at radius 2 is 1.81 bits per heavy atom. The maximum atomic E-state index is 11.4. The quantitative estimate of drug-likeness (QED) is 0.687. The molecule has 0 spiro atoms. The molecule has 0 radical (unpaired) electrons. The molecule has 0 saturated carbocycles. The number of hydrogen-bond donors (Lipinski definition) is 1. The topological polar surface area (TPSA) is 80.4 Å². The molecule has 2 aromatic carbocycles. The fourth-order valence-electron chi connectivity index (χ4n) is 2.38. The Bertz CT molecular complexity index is 707. The first-order valence-corrected chi connectivity index (χ1v) is 6.42. The second kappa shape index (κ2) is 5.36. The molecule has 0 fully saturated rings. The number of benzene rings is 2. The highest BCUT2D eigenvalue weighted by Crippen LogP contribution is 2.35. The number of carboxylic acid groups (broad SMARTS) is 1. The molecule has 21 heavy (non-hydrogen) atoms. The number of carbonyl (C=O) groups is 1. The van der Waals surface area contributed by atoms with Gasteiger partial charge in [0.25, 0.3) is 5.69 Å². The highest BCUT2D eigenvalue weighted by atomic mass is 16.6. The van der Waals surface area contributed by atoms with E-state index >= 15 is 0 Å². The van der Waals surface area contributed by atoms with Crippen molar-refractivity contribution in [2.24, 2.45) is 0 Å². The molecule has 2 rings (SSSR count). The van der Waals surface area contributed by atoms with Gasteiger partial charge < -0.3 is 5.11 Å². The molecule has 0 atom stereocenters.